The van der Waals surface area contributed by atoms with Crippen molar-refractivity contribution in [3.05, 3.63) is 42.5 Å². The molecule has 2 rings (SSSR count). The molecule has 0 heterocycles. The number of amides is 1. The third-order valence-electron chi connectivity index (χ3n) is 3.55. The number of sulfone groups is 1. The van der Waals surface area contributed by atoms with Gasteiger partial charge in [-0.1, -0.05) is 0 Å². The van der Waals surface area contributed by atoms with Crippen LogP contribution < -0.4 is 10.1 Å². The number of hydrogen-bond donors (Lipinski definition) is 2. The molecule has 0 aromatic heterocycles. The summed E-state index contributed by atoms with van der Waals surface area (Å²) >= 11 is 5.18. The summed E-state index contributed by atoms with van der Waals surface area (Å²) < 4.78 is 30.8. The number of anilines is 1. The van der Waals surface area contributed by atoms with Gasteiger partial charge in [0, 0.05) is 12.8 Å². The molecule has 0 saturated carbocycles. The topological polar surface area (TPSA) is 110 Å². The van der Waals surface area contributed by atoms with Gasteiger partial charge in [-0.15, -0.1) is 0 Å². The summed E-state index contributed by atoms with van der Waals surface area (Å²) in [7, 11) is -3.86. The maximum Gasteiger partial charge on any atom is 0.224 e. The molecule has 2 N–H and O–H groups in total. The van der Waals surface area contributed by atoms with E-state index in [0.29, 0.717) is 12.4 Å². The SMILES string of the molecule is CCOc1ccc(S(=O)(=O)c2ccc(O)c(NC(=O)CCC(=O)Cl)c2)cc1. The van der Waals surface area contributed by atoms with Crippen LogP contribution in [0.1, 0.15) is 19.8 Å². The number of carbonyl (C=O) groups is 2. The van der Waals surface area contributed by atoms with E-state index < -0.39 is 21.0 Å². The average molecular weight is 412 g/mol. The van der Waals surface area contributed by atoms with Gasteiger partial charge in [0.15, 0.2) is 0 Å². The Kier molecular flexibility index (Phi) is 6.81. The van der Waals surface area contributed by atoms with Crippen molar-refractivity contribution in [3.63, 3.8) is 0 Å². The number of hydrogen-bond acceptors (Lipinski definition) is 6. The molecular weight excluding hydrogens is 394 g/mol. The van der Waals surface area contributed by atoms with Crippen LogP contribution in [0.25, 0.3) is 0 Å². The number of nitrogens with one attached hydrogen (secondary N) is 1. The number of benzene rings is 2. The van der Waals surface area contributed by atoms with E-state index in [0.717, 1.165) is 6.07 Å². The maximum absolute atomic E-state index is 12.8. The lowest BCUT2D eigenvalue weighted by Crippen LogP contribution is -2.13. The first-order valence-electron chi connectivity index (χ1n) is 8.03. The predicted octanol–water partition coefficient (Wildman–Crippen LogP) is 3.11. The predicted molar refractivity (Wildman–Crippen MR) is 99.9 cm³/mol. The Labute approximate surface area is 161 Å². The van der Waals surface area contributed by atoms with Crippen LogP contribution in [0, 0.1) is 0 Å². The van der Waals surface area contributed by atoms with Crippen molar-refractivity contribution in [2.75, 3.05) is 11.9 Å². The van der Waals surface area contributed by atoms with Crippen molar-refractivity contribution in [1.29, 1.82) is 0 Å². The first-order valence-corrected chi connectivity index (χ1v) is 9.89. The number of ether oxygens (including phenoxy) is 1. The fraction of sp³-hybridized carbons (Fsp3) is 0.222. The zero-order valence-electron chi connectivity index (χ0n) is 14.4. The lowest BCUT2D eigenvalue weighted by atomic mass is 10.2. The molecule has 2 aromatic carbocycles. The summed E-state index contributed by atoms with van der Waals surface area (Å²) in [5.74, 6) is -0.329. The van der Waals surface area contributed by atoms with E-state index in [1.807, 2.05) is 6.92 Å². The fourth-order valence-corrected chi connectivity index (χ4v) is 3.61. The smallest absolute Gasteiger partial charge is 0.224 e. The van der Waals surface area contributed by atoms with Crippen LogP contribution in [-0.2, 0) is 19.4 Å². The molecule has 0 aliphatic rings. The lowest BCUT2D eigenvalue weighted by molar-refractivity contribution is -0.119. The zero-order valence-corrected chi connectivity index (χ0v) is 16.0. The molecule has 1 amide bonds. The van der Waals surface area contributed by atoms with Gasteiger partial charge >= 0.3 is 0 Å². The average Bonchev–Trinajstić information content (AvgIpc) is 2.62. The maximum atomic E-state index is 12.8. The van der Waals surface area contributed by atoms with Crippen molar-refractivity contribution >= 4 is 38.3 Å². The zero-order chi connectivity index (χ0) is 20.0. The first kappa shape index (κ1) is 20.7. The number of phenols is 1. The standard InChI is InChI=1S/C18H18ClNO6S/c1-2-26-12-3-5-13(6-4-12)27(24,25)14-7-8-16(21)15(11-14)20-18(23)10-9-17(19)22/h3-8,11,21H,2,9-10H2,1H3,(H,20,23). The van der Waals surface area contributed by atoms with Crippen LogP contribution in [0.2, 0.25) is 0 Å². The highest BCUT2D eigenvalue weighted by molar-refractivity contribution is 7.91. The normalized spacial score (nSPS) is 11.0. The van der Waals surface area contributed by atoms with E-state index in [2.05, 4.69) is 5.32 Å². The molecule has 0 bridgehead atoms. The second-order valence-corrected chi connectivity index (χ2v) is 7.86. The van der Waals surface area contributed by atoms with Gasteiger partial charge in [0.2, 0.25) is 21.0 Å². The first-order chi connectivity index (χ1) is 12.7. The second-order valence-electron chi connectivity index (χ2n) is 5.49. The number of phenolic OH excluding ortho intramolecular Hbond substituents is 1. The minimum atomic E-state index is -3.86. The van der Waals surface area contributed by atoms with Gasteiger partial charge in [-0.3, -0.25) is 9.59 Å². The van der Waals surface area contributed by atoms with E-state index in [1.54, 1.807) is 12.1 Å². The van der Waals surface area contributed by atoms with Crippen LogP contribution >= 0.6 is 11.6 Å². The van der Waals surface area contributed by atoms with Crippen LogP contribution in [-0.4, -0.2) is 31.3 Å². The minimum Gasteiger partial charge on any atom is -0.506 e. The van der Waals surface area contributed by atoms with Crippen molar-refractivity contribution in [3.8, 4) is 11.5 Å². The van der Waals surface area contributed by atoms with Crippen LogP contribution in [0.5, 0.6) is 11.5 Å². The van der Waals surface area contributed by atoms with Gasteiger partial charge in [0.1, 0.15) is 11.5 Å². The molecule has 27 heavy (non-hydrogen) atoms. The molecular formula is C18H18ClNO6S. The molecule has 0 unspecified atom stereocenters. The van der Waals surface area contributed by atoms with Gasteiger partial charge in [-0.05, 0) is 61.0 Å². The van der Waals surface area contributed by atoms with E-state index in [9.17, 15) is 23.1 Å². The van der Waals surface area contributed by atoms with Crippen molar-refractivity contribution in [1.82, 2.24) is 0 Å². The highest BCUT2D eigenvalue weighted by Crippen LogP contribution is 2.30. The Morgan fingerprint density at radius 1 is 1.07 bits per heavy atom. The molecule has 144 valence electrons. The Bertz CT molecular complexity index is 941. The summed E-state index contributed by atoms with van der Waals surface area (Å²) in [4.78, 5) is 22.5. The quantitative estimate of drug-likeness (QED) is 0.510. The summed E-state index contributed by atoms with van der Waals surface area (Å²) in [6.45, 7) is 2.28. The fourth-order valence-electron chi connectivity index (χ4n) is 2.22. The highest BCUT2D eigenvalue weighted by Gasteiger charge is 2.20. The molecule has 2 aromatic rings. The summed E-state index contributed by atoms with van der Waals surface area (Å²) in [6, 6.07) is 9.48. The van der Waals surface area contributed by atoms with E-state index in [1.165, 1.54) is 24.3 Å². The van der Waals surface area contributed by atoms with Gasteiger partial charge in [0.05, 0.1) is 22.1 Å². The Hall–Kier alpha value is -2.58. The monoisotopic (exact) mass is 411 g/mol. The Morgan fingerprint density at radius 3 is 2.30 bits per heavy atom. The van der Waals surface area contributed by atoms with Crippen LogP contribution in [0.3, 0.4) is 0 Å². The third kappa shape index (κ3) is 5.45. The van der Waals surface area contributed by atoms with E-state index >= 15 is 0 Å². The molecule has 7 nitrogen and oxygen atoms in total. The van der Waals surface area contributed by atoms with Crippen molar-refractivity contribution < 1.29 is 27.9 Å². The molecule has 0 fully saturated rings. The number of halogens is 1. The molecule has 0 radical (unpaired) electrons. The molecule has 0 aliphatic carbocycles. The minimum absolute atomic E-state index is 0.0432. The molecule has 0 aliphatic heterocycles. The summed E-state index contributed by atoms with van der Waals surface area (Å²) in [5.41, 5.74) is -0.0750. The Morgan fingerprint density at radius 2 is 1.70 bits per heavy atom. The second kappa shape index (κ2) is 8.88. The van der Waals surface area contributed by atoms with Crippen molar-refractivity contribution in [2.24, 2.45) is 0 Å². The third-order valence-corrected chi connectivity index (χ3v) is 5.50. The van der Waals surface area contributed by atoms with Crippen LogP contribution in [0.4, 0.5) is 5.69 Å². The Balaban J connectivity index is 2.27. The molecule has 9 heteroatoms. The summed E-state index contributed by atoms with van der Waals surface area (Å²) in [6.07, 6.45) is -0.351. The summed E-state index contributed by atoms with van der Waals surface area (Å²) in [5, 5.41) is 11.6. The van der Waals surface area contributed by atoms with E-state index in [4.69, 9.17) is 16.3 Å². The van der Waals surface area contributed by atoms with E-state index in [-0.39, 0.29) is 34.1 Å². The van der Waals surface area contributed by atoms with Gasteiger partial charge in [-0.25, -0.2) is 8.42 Å². The lowest BCUT2D eigenvalue weighted by Gasteiger charge is -2.11. The molecule has 0 spiro atoms. The van der Waals surface area contributed by atoms with Gasteiger partial charge in [0.25, 0.3) is 0 Å². The highest BCUT2D eigenvalue weighted by atomic mass is 35.5. The number of aromatic hydroxyl groups is 1. The molecule has 0 saturated heterocycles. The number of carbonyl (C=O) groups excluding carboxylic acids is 2. The van der Waals surface area contributed by atoms with Gasteiger partial charge in [-0.2, -0.15) is 0 Å². The van der Waals surface area contributed by atoms with Crippen molar-refractivity contribution in [2.45, 2.75) is 29.6 Å². The van der Waals surface area contributed by atoms with Crippen LogP contribution in [0.15, 0.2) is 52.3 Å². The largest absolute Gasteiger partial charge is 0.506 e. The van der Waals surface area contributed by atoms with Gasteiger partial charge < -0.3 is 15.2 Å². The number of rotatable bonds is 8. The molecule has 0 atom stereocenters.